The summed E-state index contributed by atoms with van der Waals surface area (Å²) >= 11 is 1.22. The minimum atomic E-state index is -5.26. The highest BCUT2D eigenvalue weighted by Crippen LogP contribution is 2.39. The Bertz CT molecular complexity index is 634. The quantitative estimate of drug-likeness (QED) is 0.239. The number of rotatable bonds is 3. The molecule has 0 fully saturated rings. The van der Waals surface area contributed by atoms with Crippen LogP contribution in [0.4, 0.5) is 18.9 Å². The summed E-state index contributed by atoms with van der Waals surface area (Å²) in [6, 6.07) is 0. The van der Waals surface area contributed by atoms with Crippen LogP contribution in [0.15, 0.2) is 11.1 Å². The first-order valence-electron chi connectivity index (χ1n) is 3.97. The molecule has 1 rings (SSSR count). The molecule has 7 nitrogen and oxygen atoms in total. The molecule has 0 aromatic carbocycles. The van der Waals surface area contributed by atoms with Gasteiger partial charge in [-0.25, -0.2) is 13.4 Å². The van der Waals surface area contributed by atoms with Gasteiger partial charge in [-0.1, -0.05) is 0 Å². The molecule has 0 saturated carbocycles. The lowest BCUT2D eigenvalue weighted by molar-refractivity contribution is -0.388. The molecule has 19 heavy (non-hydrogen) atoms. The molecule has 0 radical (unpaired) electrons. The van der Waals surface area contributed by atoms with Crippen molar-refractivity contribution >= 4 is 48.0 Å². The number of hydrogen-bond acceptors (Lipinski definition) is 6. The third-order valence-electron chi connectivity index (χ3n) is 1.58. The molecule has 0 spiro atoms. The van der Waals surface area contributed by atoms with Gasteiger partial charge in [-0.3, -0.25) is 10.1 Å². The van der Waals surface area contributed by atoms with Crippen molar-refractivity contribution in [2.24, 2.45) is 0 Å². The molecule has 0 amide bonds. The molecule has 0 N–H and O–H groups in total. The molecule has 0 bridgehead atoms. The number of ether oxygens (including phenoxy) is 1. The standard InChI is InChI=1S/C6HClF3IN2O5S/c7-19(16,17)4-2(13(14)15)1-12-5(11)3(4)18-6(8,9)10/h1H. The second-order valence-electron chi connectivity index (χ2n) is 2.84. The van der Waals surface area contributed by atoms with E-state index in [4.69, 9.17) is 10.7 Å². The van der Waals surface area contributed by atoms with E-state index in [1.54, 1.807) is 0 Å². The summed E-state index contributed by atoms with van der Waals surface area (Å²) < 4.78 is 61.8. The average Bonchev–Trinajstić information content (AvgIpc) is 2.16. The summed E-state index contributed by atoms with van der Waals surface area (Å²) in [6.07, 6.45) is -4.78. The molecule has 0 aliphatic carbocycles. The molecule has 106 valence electrons. The number of halogens is 5. The lowest BCUT2D eigenvalue weighted by atomic mass is 10.4. The summed E-state index contributed by atoms with van der Waals surface area (Å²) in [4.78, 5) is 11.2. The van der Waals surface area contributed by atoms with Crippen LogP contribution < -0.4 is 4.74 Å². The van der Waals surface area contributed by atoms with Crippen molar-refractivity contribution in [2.45, 2.75) is 11.3 Å². The fourth-order valence-electron chi connectivity index (χ4n) is 1.01. The molecule has 1 aromatic rings. The highest BCUT2D eigenvalue weighted by atomic mass is 127. The van der Waals surface area contributed by atoms with Crippen LogP contribution in [0.25, 0.3) is 0 Å². The Kier molecular flexibility index (Phi) is 4.46. The maximum atomic E-state index is 12.2. The van der Waals surface area contributed by atoms with E-state index in [1.165, 1.54) is 22.6 Å². The number of nitro groups is 1. The van der Waals surface area contributed by atoms with Crippen LogP contribution in [0.3, 0.4) is 0 Å². The minimum Gasteiger partial charge on any atom is -0.401 e. The molecule has 0 saturated heterocycles. The second-order valence-corrected chi connectivity index (χ2v) is 6.36. The molecule has 0 atom stereocenters. The SMILES string of the molecule is O=[N+]([O-])c1cnc(I)c(OC(F)(F)F)c1S(=O)(=O)Cl. The third-order valence-corrected chi connectivity index (χ3v) is 3.70. The zero-order valence-electron chi connectivity index (χ0n) is 8.31. The molecule has 0 unspecified atom stereocenters. The summed E-state index contributed by atoms with van der Waals surface area (Å²) in [5, 5.41) is 10.6. The normalized spacial score (nSPS) is 12.3. The maximum Gasteiger partial charge on any atom is 0.573 e. The van der Waals surface area contributed by atoms with Crippen molar-refractivity contribution in [3.05, 3.63) is 20.0 Å². The zero-order valence-corrected chi connectivity index (χ0v) is 12.0. The molecular weight excluding hydrogens is 431 g/mol. The van der Waals surface area contributed by atoms with Crippen LogP contribution >= 0.6 is 33.3 Å². The number of hydrogen-bond donors (Lipinski definition) is 0. The van der Waals surface area contributed by atoms with Gasteiger partial charge in [-0.05, 0) is 22.6 Å². The van der Waals surface area contributed by atoms with Crippen molar-refractivity contribution in [2.75, 3.05) is 0 Å². The van der Waals surface area contributed by atoms with Crippen molar-refractivity contribution in [3.8, 4) is 5.75 Å². The van der Waals surface area contributed by atoms with Crippen LogP contribution in [0, 0.1) is 13.8 Å². The fourth-order valence-corrected chi connectivity index (χ4v) is 2.90. The summed E-state index contributed by atoms with van der Waals surface area (Å²) in [5.41, 5.74) is -1.21. The summed E-state index contributed by atoms with van der Waals surface area (Å²) in [6.45, 7) is 0. The van der Waals surface area contributed by atoms with E-state index in [9.17, 15) is 31.7 Å². The summed E-state index contributed by atoms with van der Waals surface area (Å²) in [5.74, 6) is -1.34. The first-order valence-corrected chi connectivity index (χ1v) is 7.35. The Morgan fingerprint density at radius 2 is 2.00 bits per heavy atom. The number of alkyl halides is 3. The predicted octanol–water partition coefficient (Wildman–Crippen LogP) is 2.42. The van der Waals surface area contributed by atoms with Crippen LogP contribution in [-0.4, -0.2) is 24.7 Å². The monoisotopic (exact) mass is 432 g/mol. The maximum absolute atomic E-state index is 12.2. The largest absolute Gasteiger partial charge is 0.573 e. The number of aromatic nitrogens is 1. The highest BCUT2D eigenvalue weighted by Gasteiger charge is 2.39. The van der Waals surface area contributed by atoms with Gasteiger partial charge in [-0.15, -0.1) is 13.2 Å². The molecule has 0 aliphatic rings. The van der Waals surface area contributed by atoms with Crippen LogP contribution in [0.1, 0.15) is 0 Å². The van der Waals surface area contributed by atoms with E-state index in [2.05, 4.69) is 9.72 Å². The predicted molar refractivity (Wildman–Crippen MR) is 63.3 cm³/mol. The van der Waals surface area contributed by atoms with E-state index in [-0.39, 0.29) is 0 Å². The molecule has 0 aliphatic heterocycles. The van der Waals surface area contributed by atoms with E-state index in [0.717, 1.165) is 0 Å². The van der Waals surface area contributed by atoms with Crippen molar-refractivity contribution in [1.82, 2.24) is 4.98 Å². The van der Waals surface area contributed by atoms with Gasteiger partial charge >= 0.3 is 12.0 Å². The molecule has 1 heterocycles. The Morgan fingerprint density at radius 1 is 1.47 bits per heavy atom. The Labute approximate surface area is 121 Å². The van der Waals surface area contributed by atoms with Gasteiger partial charge < -0.3 is 4.74 Å². The fraction of sp³-hybridized carbons (Fsp3) is 0.167. The first-order chi connectivity index (χ1) is 8.43. The van der Waals surface area contributed by atoms with Crippen LogP contribution in [-0.2, 0) is 9.05 Å². The van der Waals surface area contributed by atoms with Crippen molar-refractivity contribution in [1.29, 1.82) is 0 Å². The molecule has 1 aromatic heterocycles. The molecule has 13 heteroatoms. The van der Waals surface area contributed by atoms with Gasteiger partial charge in [0.1, 0.15) is 9.90 Å². The van der Waals surface area contributed by atoms with Gasteiger partial charge in [0, 0.05) is 10.7 Å². The van der Waals surface area contributed by atoms with Gasteiger partial charge in [0.05, 0.1) is 4.92 Å². The van der Waals surface area contributed by atoms with Gasteiger partial charge in [0.15, 0.2) is 5.75 Å². The van der Waals surface area contributed by atoms with Gasteiger partial charge in [0.25, 0.3) is 9.05 Å². The Morgan fingerprint density at radius 3 is 2.37 bits per heavy atom. The highest BCUT2D eigenvalue weighted by molar-refractivity contribution is 14.1. The first kappa shape index (κ1) is 16.2. The summed E-state index contributed by atoms with van der Waals surface area (Å²) in [7, 11) is 0.0598. The van der Waals surface area contributed by atoms with Crippen molar-refractivity contribution in [3.63, 3.8) is 0 Å². The van der Waals surface area contributed by atoms with E-state index in [0.29, 0.717) is 6.20 Å². The van der Waals surface area contributed by atoms with Gasteiger partial charge in [-0.2, -0.15) is 0 Å². The Balaban J connectivity index is 3.69. The van der Waals surface area contributed by atoms with E-state index >= 15 is 0 Å². The number of pyridine rings is 1. The van der Waals surface area contributed by atoms with E-state index < -0.39 is 40.4 Å². The lowest BCUT2D eigenvalue weighted by Gasteiger charge is -2.12. The average molecular weight is 433 g/mol. The minimum absolute atomic E-state index is 0.472. The number of nitrogens with zero attached hydrogens (tertiary/aromatic N) is 2. The van der Waals surface area contributed by atoms with Crippen LogP contribution in [0.2, 0.25) is 0 Å². The second kappa shape index (κ2) is 5.24. The lowest BCUT2D eigenvalue weighted by Crippen LogP contribution is -2.20. The van der Waals surface area contributed by atoms with Crippen molar-refractivity contribution < 1.29 is 31.2 Å². The smallest absolute Gasteiger partial charge is 0.401 e. The third kappa shape index (κ3) is 4.04. The van der Waals surface area contributed by atoms with E-state index in [1.807, 2.05) is 0 Å². The Hall–Kier alpha value is -0.890. The topological polar surface area (TPSA) is 99.4 Å². The van der Waals surface area contributed by atoms with Gasteiger partial charge in [0.2, 0.25) is 4.90 Å². The van der Waals surface area contributed by atoms with Crippen LogP contribution in [0.5, 0.6) is 5.75 Å². The molecular formula is C6HClF3IN2O5S. The zero-order chi connectivity index (χ0) is 15.0.